The Kier molecular flexibility index (Phi) is 6.05. The lowest BCUT2D eigenvalue weighted by Gasteiger charge is -2.21. The van der Waals surface area contributed by atoms with Gasteiger partial charge in [0.05, 0.1) is 0 Å². The Balaban J connectivity index is 2.26. The maximum Gasteiger partial charge on any atom is 0.0363 e. The van der Waals surface area contributed by atoms with Gasteiger partial charge in [-0.05, 0) is 77.4 Å². The first kappa shape index (κ1) is 16.0. The predicted molar refractivity (Wildman–Crippen MR) is 98.2 cm³/mol. The van der Waals surface area contributed by atoms with Gasteiger partial charge in [0.15, 0.2) is 0 Å². The first-order chi connectivity index (χ1) is 9.61. The molecule has 1 unspecified atom stereocenters. The summed E-state index contributed by atoms with van der Waals surface area (Å²) in [6.07, 6.45) is 1.02. The second-order valence-corrected chi connectivity index (χ2v) is 6.99. The van der Waals surface area contributed by atoms with Gasteiger partial charge in [-0.15, -0.1) is 0 Å². The van der Waals surface area contributed by atoms with Crippen molar-refractivity contribution >= 4 is 38.5 Å². The van der Waals surface area contributed by atoms with Crippen LogP contribution >= 0.6 is 38.5 Å². The van der Waals surface area contributed by atoms with Gasteiger partial charge in [-0.25, -0.2) is 0 Å². The average molecular weight is 444 g/mol. The molecule has 0 spiro atoms. The molecule has 106 valence electrons. The van der Waals surface area contributed by atoms with Gasteiger partial charge in [0.2, 0.25) is 0 Å². The lowest BCUT2D eigenvalue weighted by molar-refractivity contribution is 0.547. The predicted octanol–water partition coefficient (Wildman–Crippen LogP) is 5.26. The molecule has 0 aliphatic rings. The Morgan fingerprint density at radius 2 is 1.85 bits per heavy atom. The topological polar surface area (TPSA) is 12.0 Å². The van der Waals surface area contributed by atoms with Crippen LogP contribution in [0.2, 0.25) is 0 Å². The standard InChI is InChI=1S/C17H19BrIN/c1-3-20-17(11-13-7-9-14(19)10-8-13)15-5-4-6-16(18)12(15)2/h4-10,17,20H,3,11H2,1-2H3. The molecule has 3 heteroatoms. The zero-order chi connectivity index (χ0) is 14.5. The van der Waals surface area contributed by atoms with Crippen LogP contribution in [0.3, 0.4) is 0 Å². The number of hydrogen-bond donors (Lipinski definition) is 1. The third-order valence-corrected chi connectivity index (χ3v) is 5.07. The van der Waals surface area contributed by atoms with Crippen LogP contribution in [0.15, 0.2) is 46.9 Å². The van der Waals surface area contributed by atoms with Crippen molar-refractivity contribution in [2.24, 2.45) is 0 Å². The summed E-state index contributed by atoms with van der Waals surface area (Å²) in [5.74, 6) is 0. The van der Waals surface area contributed by atoms with Crippen molar-refractivity contribution in [1.29, 1.82) is 0 Å². The molecule has 0 saturated heterocycles. The summed E-state index contributed by atoms with van der Waals surface area (Å²) in [4.78, 5) is 0. The van der Waals surface area contributed by atoms with E-state index in [4.69, 9.17) is 0 Å². The molecule has 2 aromatic rings. The van der Waals surface area contributed by atoms with Gasteiger partial charge >= 0.3 is 0 Å². The van der Waals surface area contributed by atoms with Crippen molar-refractivity contribution in [3.8, 4) is 0 Å². The van der Waals surface area contributed by atoms with Crippen molar-refractivity contribution in [3.63, 3.8) is 0 Å². The van der Waals surface area contributed by atoms with Gasteiger partial charge in [0.1, 0.15) is 0 Å². The maximum absolute atomic E-state index is 3.63. The highest BCUT2D eigenvalue weighted by atomic mass is 127. The number of likely N-dealkylation sites (N-methyl/N-ethyl adjacent to an activating group) is 1. The van der Waals surface area contributed by atoms with Gasteiger partial charge < -0.3 is 5.32 Å². The molecule has 0 aliphatic heterocycles. The molecule has 2 rings (SSSR count). The lowest BCUT2D eigenvalue weighted by Crippen LogP contribution is -2.23. The van der Waals surface area contributed by atoms with Gasteiger partial charge in [0, 0.05) is 14.1 Å². The van der Waals surface area contributed by atoms with Gasteiger partial charge in [0.25, 0.3) is 0 Å². The molecule has 1 N–H and O–H groups in total. The summed E-state index contributed by atoms with van der Waals surface area (Å²) in [7, 11) is 0. The largest absolute Gasteiger partial charge is 0.310 e. The molecule has 0 amide bonds. The van der Waals surface area contributed by atoms with Crippen molar-refractivity contribution in [2.45, 2.75) is 26.3 Å². The molecule has 0 radical (unpaired) electrons. The number of benzene rings is 2. The normalized spacial score (nSPS) is 12.4. The molecule has 2 aromatic carbocycles. The summed E-state index contributed by atoms with van der Waals surface area (Å²) in [6.45, 7) is 5.31. The van der Waals surface area contributed by atoms with Gasteiger partial charge in [-0.1, -0.05) is 47.1 Å². The minimum absolute atomic E-state index is 0.359. The van der Waals surface area contributed by atoms with Crippen molar-refractivity contribution in [3.05, 3.63) is 67.2 Å². The van der Waals surface area contributed by atoms with E-state index in [1.165, 1.54) is 24.7 Å². The zero-order valence-corrected chi connectivity index (χ0v) is 15.5. The van der Waals surface area contributed by atoms with E-state index >= 15 is 0 Å². The SMILES string of the molecule is CCNC(Cc1ccc(I)cc1)c1cccc(Br)c1C. The highest BCUT2D eigenvalue weighted by Crippen LogP contribution is 2.27. The second-order valence-electron chi connectivity index (χ2n) is 4.89. The van der Waals surface area contributed by atoms with Crippen LogP contribution in [-0.2, 0) is 6.42 Å². The average Bonchev–Trinajstić information content (AvgIpc) is 2.44. The van der Waals surface area contributed by atoms with E-state index in [0.717, 1.165) is 13.0 Å². The van der Waals surface area contributed by atoms with Crippen molar-refractivity contribution in [2.75, 3.05) is 6.54 Å². The van der Waals surface area contributed by atoms with Crippen LogP contribution in [0.1, 0.15) is 29.7 Å². The molecule has 0 saturated carbocycles. The molecule has 0 aromatic heterocycles. The Morgan fingerprint density at radius 1 is 1.15 bits per heavy atom. The van der Waals surface area contributed by atoms with Crippen LogP contribution < -0.4 is 5.32 Å². The fourth-order valence-corrected chi connectivity index (χ4v) is 3.14. The van der Waals surface area contributed by atoms with Crippen molar-refractivity contribution in [1.82, 2.24) is 5.32 Å². The van der Waals surface area contributed by atoms with Crippen molar-refractivity contribution < 1.29 is 0 Å². The third-order valence-electron chi connectivity index (χ3n) is 3.49. The molecule has 1 atom stereocenters. The number of hydrogen-bond acceptors (Lipinski definition) is 1. The van der Waals surface area contributed by atoms with Crippen LogP contribution in [0, 0.1) is 10.5 Å². The van der Waals surface area contributed by atoms with E-state index in [1.54, 1.807) is 0 Å². The molecule has 0 bridgehead atoms. The first-order valence-electron chi connectivity index (χ1n) is 6.84. The summed E-state index contributed by atoms with van der Waals surface area (Å²) in [6, 6.07) is 15.6. The highest BCUT2D eigenvalue weighted by molar-refractivity contribution is 14.1. The highest BCUT2D eigenvalue weighted by Gasteiger charge is 2.14. The minimum Gasteiger partial charge on any atom is -0.310 e. The molecule has 20 heavy (non-hydrogen) atoms. The number of halogens is 2. The third kappa shape index (κ3) is 4.06. The fraction of sp³-hybridized carbons (Fsp3) is 0.294. The van der Waals surface area contributed by atoms with Gasteiger partial charge in [-0.2, -0.15) is 0 Å². The smallest absolute Gasteiger partial charge is 0.0363 e. The quantitative estimate of drug-likeness (QED) is 0.622. The molecular formula is C17H19BrIN. The Morgan fingerprint density at radius 3 is 2.50 bits per heavy atom. The van der Waals surface area contributed by atoms with E-state index in [9.17, 15) is 0 Å². The Labute approximate surface area is 143 Å². The van der Waals surface area contributed by atoms with E-state index < -0.39 is 0 Å². The molecule has 0 aliphatic carbocycles. The summed E-state index contributed by atoms with van der Waals surface area (Å²) < 4.78 is 2.46. The number of nitrogens with one attached hydrogen (secondary N) is 1. The summed E-state index contributed by atoms with van der Waals surface area (Å²) in [5.41, 5.74) is 4.07. The zero-order valence-electron chi connectivity index (χ0n) is 11.8. The van der Waals surface area contributed by atoms with E-state index in [2.05, 4.69) is 100 Å². The van der Waals surface area contributed by atoms with Crippen LogP contribution in [0.25, 0.3) is 0 Å². The Hall–Kier alpha value is -0.390. The Bertz CT molecular complexity index is 566. The van der Waals surface area contributed by atoms with Crippen LogP contribution in [0.5, 0.6) is 0 Å². The molecular weight excluding hydrogens is 425 g/mol. The van der Waals surface area contributed by atoms with E-state index in [1.807, 2.05) is 0 Å². The second kappa shape index (κ2) is 7.57. The summed E-state index contributed by atoms with van der Waals surface area (Å²) >= 11 is 5.98. The number of rotatable bonds is 5. The fourth-order valence-electron chi connectivity index (χ4n) is 2.40. The molecule has 1 nitrogen and oxygen atoms in total. The lowest BCUT2D eigenvalue weighted by atomic mass is 9.95. The summed E-state index contributed by atoms with van der Waals surface area (Å²) in [5, 5.41) is 3.61. The maximum atomic E-state index is 3.63. The van der Waals surface area contributed by atoms with Gasteiger partial charge in [-0.3, -0.25) is 0 Å². The minimum atomic E-state index is 0.359. The molecule has 0 fully saturated rings. The van der Waals surface area contributed by atoms with Crippen LogP contribution in [-0.4, -0.2) is 6.54 Å². The van der Waals surface area contributed by atoms with Crippen LogP contribution in [0.4, 0.5) is 0 Å². The van der Waals surface area contributed by atoms with E-state index in [0.29, 0.717) is 6.04 Å². The molecule has 0 heterocycles. The monoisotopic (exact) mass is 443 g/mol. The first-order valence-corrected chi connectivity index (χ1v) is 8.71. The van der Waals surface area contributed by atoms with E-state index in [-0.39, 0.29) is 0 Å².